The van der Waals surface area contributed by atoms with Crippen LogP contribution in [-0.4, -0.2) is 33.0 Å². The minimum absolute atomic E-state index is 0.0184. The molecular formula is C24H28N2O2S. The van der Waals surface area contributed by atoms with Gasteiger partial charge < -0.3 is 0 Å². The summed E-state index contributed by atoms with van der Waals surface area (Å²) in [7, 11) is -3.56. The minimum Gasteiger partial charge on any atom is -0.295 e. The van der Waals surface area contributed by atoms with Crippen molar-refractivity contribution in [3.8, 4) is 0 Å². The Labute approximate surface area is 173 Å². The Hall–Kier alpha value is -2.21. The van der Waals surface area contributed by atoms with Gasteiger partial charge in [0.1, 0.15) is 0 Å². The monoisotopic (exact) mass is 408 g/mol. The average molecular weight is 409 g/mol. The molecule has 1 N–H and O–H groups in total. The number of nitrogens with one attached hydrogen (secondary N) is 1. The van der Waals surface area contributed by atoms with Gasteiger partial charge in [0, 0.05) is 12.6 Å². The van der Waals surface area contributed by atoms with E-state index in [1.54, 1.807) is 12.1 Å². The number of nitrogens with zero attached hydrogens (tertiary/aromatic N) is 1. The number of fused-ring (bicyclic) bond motifs is 1. The maximum Gasteiger partial charge on any atom is 0.240 e. The Morgan fingerprint density at radius 2 is 1.66 bits per heavy atom. The summed E-state index contributed by atoms with van der Waals surface area (Å²) >= 11 is 0. The molecule has 0 unspecified atom stereocenters. The van der Waals surface area contributed by atoms with E-state index in [4.69, 9.17) is 0 Å². The van der Waals surface area contributed by atoms with Gasteiger partial charge in [-0.25, -0.2) is 13.1 Å². The zero-order valence-electron chi connectivity index (χ0n) is 17.1. The fraction of sp³-hybridized carbons (Fsp3) is 0.333. The van der Waals surface area contributed by atoms with Gasteiger partial charge in [-0.3, -0.25) is 4.90 Å². The summed E-state index contributed by atoms with van der Waals surface area (Å²) in [4.78, 5) is 2.74. The summed E-state index contributed by atoms with van der Waals surface area (Å²) in [6.45, 7) is 6.29. The maximum absolute atomic E-state index is 13.0. The molecule has 3 aromatic carbocycles. The van der Waals surface area contributed by atoms with Crippen molar-refractivity contribution in [2.45, 2.75) is 37.6 Å². The summed E-state index contributed by atoms with van der Waals surface area (Å²) in [5, 5.41) is 2.38. The highest BCUT2D eigenvalue weighted by molar-refractivity contribution is 7.89. The van der Waals surface area contributed by atoms with E-state index >= 15 is 0 Å². The summed E-state index contributed by atoms with van der Waals surface area (Å²) in [6.07, 6.45) is 2.32. The fourth-order valence-electron chi connectivity index (χ4n) is 4.18. The van der Waals surface area contributed by atoms with Gasteiger partial charge in [-0.1, -0.05) is 48.5 Å². The second-order valence-electron chi connectivity index (χ2n) is 7.93. The SMILES string of the molecule is Cc1ccc(S(=O)(=O)NC[C@@H](c2cccc3ccccc23)N2CCCC2)cc1C. The third-order valence-corrected chi connectivity index (χ3v) is 7.44. The van der Waals surface area contributed by atoms with E-state index in [0.29, 0.717) is 11.4 Å². The molecule has 0 bridgehead atoms. The number of likely N-dealkylation sites (tertiary alicyclic amines) is 1. The van der Waals surface area contributed by atoms with E-state index in [-0.39, 0.29) is 6.04 Å². The molecule has 152 valence electrons. The van der Waals surface area contributed by atoms with Crippen LogP contribution in [0.4, 0.5) is 0 Å². The van der Waals surface area contributed by atoms with Crippen molar-refractivity contribution >= 4 is 20.8 Å². The molecule has 1 aliphatic heterocycles. The van der Waals surface area contributed by atoms with Crippen molar-refractivity contribution in [2.75, 3.05) is 19.6 Å². The van der Waals surface area contributed by atoms with Gasteiger partial charge in [-0.15, -0.1) is 0 Å². The molecular weight excluding hydrogens is 380 g/mol. The summed E-state index contributed by atoms with van der Waals surface area (Å²) in [5.41, 5.74) is 3.26. The van der Waals surface area contributed by atoms with Crippen LogP contribution in [0.15, 0.2) is 65.6 Å². The van der Waals surface area contributed by atoms with Gasteiger partial charge in [0.05, 0.1) is 4.90 Å². The predicted octanol–water partition coefficient (Wildman–Crippen LogP) is 4.57. The van der Waals surface area contributed by atoms with E-state index in [2.05, 4.69) is 40.0 Å². The highest BCUT2D eigenvalue weighted by atomic mass is 32.2. The molecule has 0 saturated carbocycles. The molecule has 1 saturated heterocycles. The lowest BCUT2D eigenvalue weighted by molar-refractivity contribution is 0.248. The first kappa shape index (κ1) is 20.1. The highest BCUT2D eigenvalue weighted by Gasteiger charge is 2.27. The maximum atomic E-state index is 13.0. The van der Waals surface area contributed by atoms with Gasteiger partial charge in [-0.05, 0) is 79.4 Å². The lowest BCUT2D eigenvalue weighted by Crippen LogP contribution is -2.37. The van der Waals surface area contributed by atoms with E-state index in [9.17, 15) is 8.42 Å². The number of rotatable bonds is 6. The summed E-state index contributed by atoms with van der Waals surface area (Å²) in [5.74, 6) is 0. The number of aryl methyl sites for hydroxylation is 2. The molecule has 0 radical (unpaired) electrons. The van der Waals surface area contributed by atoms with Crippen molar-refractivity contribution in [1.29, 1.82) is 0 Å². The molecule has 0 spiro atoms. The van der Waals surface area contributed by atoms with Crippen LogP contribution in [0.1, 0.15) is 35.6 Å². The highest BCUT2D eigenvalue weighted by Crippen LogP contribution is 2.30. The Bertz CT molecular complexity index is 1110. The van der Waals surface area contributed by atoms with Gasteiger partial charge >= 0.3 is 0 Å². The Balaban J connectivity index is 1.65. The molecule has 29 heavy (non-hydrogen) atoms. The second kappa shape index (κ2) is 8.27. The largest absolute Gasteiger partial charge is 0.295 e. The van der Waals surface area contributed by atoms with E-state index < -0.39 is 10.0 Å². The smallest absolute Gasteiger partial charge is 0.240 e. The van der Waals surface area contributed by atoms with E-state index in [1.807, 2.05) is 32.0 Å². The van der Waals surface area contributed by atoms with Gasteiger partial charge in [-0.2, -0.15) is 0 Å². The first-order valence-electron chi connectivity index (χ1n) is 10.2. The van der Waals surface area contributed by atoms with E-state index in [0.717, 1.165) is 37.1 Å². The molecule has 4 rings (SSSR count). The van der Waals surface area contributed by atoms with Crippen LogP contribution in [-0.2, 0) is 10.0 Å². The number of benzene rings is 3. The third kappa shape index (κ3) is 4.22. The summed E-state index contributed by atoms with van der Waals surface area (Å²) in [6, 6.07) is 20.0. The molecule has 1 aliphatic rings. The Morgan fingerprint density at radius 3 is 2.41 bits per heavy atom. The quantitative estimate of drug-likeness (QED) is 0.650. The molecule has 1 fully saturated rings. The Kier molecular flexibility index (Phi) is 5.72. The predicted molar refractivity (Wildman–Crippen MR) is 119 cm³/mol. The molecule has 0 aromatic heterocycles. The molecule has 0 aliphatic carbocycles. The Morgan fingerprint density at radius 1 is 0.931 bits per heavy atom. The minimum atomic E-state index is -3.56. The first-order chi connectivity index (χ1) is 14.0. The fourth-order valence-corrected chi connectivity index (χ4v) is 5.31. The van der Waals surface area contributed by atoms with Gasteiger partial charge in [0.2, 0.25) is 10.0 Å². The lowest BCUT2D eigenvalue weighted by atomic mass is 9.98. The van der Waals surface area contributed by atoms with Crippen LogP contribution in [0.25, 0.3) is 10.8 Å². The molecule has 5 heteroatoms. The van der Waals surface area contributed by atoms with Crippen molar-refractivity contribution in [3.63, 3.8) is 0 Å². The standard InChI is InChI=1S/C24H28N2O2S/c1-18-12-13-21(16-19(18)2)29(27,28)25-17-24(26-14-5-6-15-26)23-11-7-9-20-8-3-4-10-22(20)23/h3-4,7-13,16,24-25H,5-6,14-15,17H2,1-2H3/t24-/m0/s1. The zero-order valence-corrected chi connectivity index (χ0v) is 17.9. The lowest BCUT2D eigenvalue weighted by Gasteiger charge is -2.29. The van der Waals surface area contributed by atoms with Crippen LogP contribution in [0.3, 0.4) is 0 Å². The van der Waals surface area contributed by atoms with Crippen molar-refractivity contribution in [1.82, 2.24) is 9.62 Å². The average Bonchev–Trinajstić information content (AvgIpc) is 3.25. The van der Waals surface area contributed by atoms with Crippen molar-refractivity contribution < 1.29 is 8.42 Å². The van der Waals surface area contributed by atoms with E-state index in [1.165, 1.54) is 16.3 Å². The van der Waals surface area contributed by atoms with Crippen LogP contribution in [0.2, 0.25) is 0 Å². The van der Waals surface area contributed by atoms with Crippen molar-refractivity contribution in [3.05, 3.63) is 77.4 Å². The molecule has 4 nitrogen and oxygen atoms in total. The molecule has 0 amide bonds. The van der Waals surface area contributed by atoms with Crippen LogP contribution in [0, 0.1) is 13.8 Å². The normalized spacial score (nSPS) is 16.3. The molecule has 1 atom stereocenters. The van der Waals surface area contributed by atoms with Crippen LogP contribution >= 0.6 is 0 Å². The third-order valence-electron chi connectivity index (χ3n) is 6.02. The van der Waals surface area contributed by atoms with Crippen molar-refractivity contribution in [2.24, 2.45) is 0 Å². The topological polar surface area (TPSA) is 49.4 Å². The second-order valence-corrected chi connectivity index (χ2v) is 9.69. The van der Waals surface area contributed by atoms with Crippen LogP contribution in [0.5, 0.6) is 0 Å². The number of sulfonamides is 1. The van der Waals surface area contributed by atoms with Gasteiger partial charge in [0.15, 0.2) is 0 Å². The van der Waals surface area contributed by atoms with Gasteiger partial charge in [0.25, 0.3) is 0 Å². The first-order valence-corrected chi connectivity index (χ1v) is 11.7. The molecule has 3 aromatic rings. The molecule has 1 heterocycles. The van der Waals surface area contributed by atoms with Crippen LogP contribution < -0.4 is 4.72 Å². The summed E-state index contributed by atoms with van der Waals surface area (Å²) < 4.78 is 28.9. The number of hydrogen-bond acceptors (Lipinski definition) is 3. The zero-order chi connectivity index (χ0) is 20.4. The number of hydrogen-bond donors (Lipinski definition) is 1.